The van der Waals surface area contributed by atoms with Crippen LogP contribution in [0.5, 0.6) is 0 Å². The van der Waals surface area contributed by atoms with Gasteiger partial charge in [-0.2, -0.15) is 0 Å². The smallest absolute Gasteiger partial charge is 0.0725 e. The topological polar surface area (TPSA) is 3.24 Å². The van der Waals surface area contributed by atoms with E-state index in [1.165, 1.54) is 116 Å². The minimum Gasteiger partial charge on any atom is -0.310 e. The van der Waals surface area contributed by atoms with Gasteiger partial charge in [0.05, 0.1) is 11.1 Å². The van der Waals surface area contributed by atoms with Crippen LogP contribution < -0.4 is 4.90 Å². The molecule has 14 rings (SSSR count). The maximum Gasteiger partial charge on any atom is 0.0725 e. The molecule has 1 nitrogen and oxygen atoms in total. The summed E-state index contributed by atoms with van der Waals surface area (Å²) in [6, 6.07) is 88.6. The van der Waals surface area contributed by atoms with Crippen molar-refractivity contribution in [3.63, 3.8) is 0 Å². The van der Waals surface area contributed by atoms with Gasteiger partial charge < -0.3 is 4.90 Å². The Morgan fingerprint density at radius 3 is 1.40 bits per heavy atom. The predicted octanol–water partition coefficient (Wildman–Crippen LogP) is 17.4. The highest BCUT2D eigenvalue weighted by atomic mass is 15.1. The average molecular weight is 852 g/mol. The summed E-state index contributed by atoms with van der Waals surface area (Å²) < 4.78 is 0. The Balaban J connectivity index is 0.968. The zero-order valence-electron chi connectivity index (χ0n) is 37.5. The summed E-state index contributed by atoms with van der Waals surface area (Å²) in [5.74, 6) is 0. The molecule has 0 fully saturated rings. The van der Waals surface area contributed by atoms with E-state index >= 15 is 0 Å². The number of rotatable bonds is 5. The lowest BCUT2D eigenvalue weighted by atomic mass is 9.70. The fraction of sp³-hybridized carbons (Fsp3) is 0.0606. The Morgan fingerprint density at radius 1 is 0.313 bits per heavy atom. The maximum atomic E-state index is 2.51. The SMILES string of the molecule is CC1(C)c2ccccc2-c2c(N(c3ccc(-c4cccc5c4-c4ccccc4C54c5ccccc5-c5ccccc54)cc3)c3ccc(-c4cccc5ccccc45)cc3)cc3ccccc3c21. The first kappa shape index (κ1) is 38.1. The van der Waals surface area contributed by atoms with Gasteiger partial charge in [-0.3, -0.25) is 0 Å². The van der Waals surface area contributed by atoms with E-state index < -0.39 is 0 Å². The summed E-state index contributed by atoms with van der Waals surface area (Å²) in [6.07, 6.45) is 0. The van der Waals surface area contributed by atoms with Crippen molar-refractivity contribution in [1.29, 1.82) is 0 Å². The standard InChI is InChI=1S/C66H45N/c1-65(2)56-28-11-9-24-54(56)63-61(41-45-18-4-6-21-51(45)64(63)65)67(46-37-33-43(34-38-46)49-26-15-19-42-17-3-5-20-48(42)49)47-39-35-44(36-40-47)50-27-16-32-60-62(50)55-25-10-14-31-59(55)66(60)57-29-12-7-22-52(57)53-23-8-13-30-58(53)66/h3-41H,1-2H3. The lowest BCUT2D eigenvalue weighted by molar-refractivity contribution is 0.666. The van der Waals surface area contributed by atoms with E-state index in [1.54, 1.807) is 0 Å². The second-order valence-corrected chi connectivity index (χ2v) is 19.1. The van der Waals surface area contributed by atoms with Gasteiger partial charge in [0.2, 0.25) is 0 Å². The van der Waals surface area contributed by atoms with Crippen LogP contribution in [0.2, 0.25) is 0 Å². The number of fused-ring (bicyclic) bond motifs is 16. The molecule has 0 bridgehead atoms. The molecule has 1 heteroatoms. The summed E-state index contributed by atoms with van der Waals surface area (Å²) in [5.41, 5.74) is 23.9. The Labute approximate surface area is 391 Å². The molecule has 314 valence electrons. The fourth-order valence-corrected chi connectivity index (χ4v) is 12.7. The summed E-state index contributed by atoms with van der Waals surface area (Å²) >= 11 is 0. The second-order valence-electron chi connectivity index (χ2n) is 19.1. The van der Waals surface area contributed by atoms with Crippen molar-refractivity contribution in [2.75, 3.05) is 4.90 Å². The molecule has 0 aromatic heterocycles. The van der Waals surface area contributed by atoms with Gasteiger partial charge in [-0.1, -0.05) is 220 Å². The summed E-state index contributed by atoms with van der Waals surface area (Å²) in [4.78, 5) is 2.51. The zero-order chi connectivity index (χ0) is 44.4. The molecule has 11 aromatic rings. The van der Waals surface area contributed by atoms with Gasteiger partial charge in [-0.05, 0) is 135 Å². The third kappa shape index (κ3) is 5.20. The number of nitrogens with zero attached hydrogens (tertiary/aromatic N) is 1. The minimum absolute atomic E-state index is 0.184. The molecule has 1 spiro atoms. The van der Waals surface area contributed by atoms with Crippen molar-refractivity contribution < 1.29 is 0 Å². The van der Waals surface area contributed by atoms with Crippen LogP contribution in [0.3, 0.4) is 0 Å². The summed E-state index contributed by atoms with van der Waals surface area (Å²) in [7, 11) is 0. The van der Waals surface area contributed by atoms with Gasteiger partial charge in [0.25, 0.3) is 0 Å². The van der Waals surface area contributed by atoms with Crippen molar-refractivity contribution in [3.8, 4) is 55.6 Å². The minimum atomic E-state index is -0.384. The van der Waals surface area contributed by atoms with Gasteiger partial charge in [-0.25, -0.2) is 0 Å². The van der Waals surface area contributed by atoms with Crippen LogP contribution in [0.25, 0.3) is 77.2 Å². The van der Waals surface area contributed by atoms with Crippen LogP contribution in [0.1, 0.15) is 47.2 Å². The molecule has 0 amide bonds. The van der Waals surface area contributed by atoms with E-state index in [2.05, 4.69) is 255 Å². The number of hydrogen-bond acceptors (Lipinski definition) is 1. The maximum absolute atomic E-state index is 2.51. The molecular weight excluding hydrogens is 807 g/mol. The molecule has 0 radical (unpaired) electrons. The van der Waals surface area contributed by atoms with Crippen molar-refractivity contribution in [1.82, 2.24) is 0 Å². The van der Waals surface area contributed by atoms with Gasteiger partial charge >= 0.3 is 0 Å². The van der Waals surface area contributed by atoms with Crippen LogP contribution in [0, 0.1) is 0 Å². The van der Waals surface area contributed by atoms with Gasteiger partial charge in [0.15, 0.2) is 0 Å². The Bertz CT molecular complexity index is 3780. The van der Waals surface area contributed by atoms with Crippen LogP contribution in [0.15, 0.2) is 237 Å². The third-order valence-electron chi connectivity index (χ3n) is 15.4. The van der Waals surface area contributed by atoms with E-state index in [4.69, 9.17) is 0 Å². The highest BCUT2D eigenvalue weighted by Crippen LogP contribution is 2.64. The van der Waals surface area contributed by atoms with Crippen LogP contribution in [-0.4, -0.2) is 0 Å². The first-order chi connectivity index (χ1) is 33.0. The highest BCUT2D eigenvalue weighted by Gasteiger charge is 2.52. The van der Waals surface area contributed by atoms with Gasteiger partial charge in [0.1, 0.15) is 0 Å². The molecule has 0 saturated carbocycles. The van der Waals surface area contributed by atoms with Gasteiger partial charge in [0, 0.05) is 22.4 Å². The van der Waals surface area contributed by atoms with Crippen LogP contribution >= 0.6 is 0 Å². The zero-order valence-corrected chi connectivity index (χ0v) is 37.5. The lowest BCUT2D eigenvalue weighted by Crippen LogP contribution is -2.25. The molecule has 3 aliphatic carbocycles. The highest BCUT2D eigenvalue weighted by molar-refractivity contribution is 6.07. The third-order valence-corrected chi connectivity index (χ3v) is 15.4. The fourth-order valence-electron chi connectivity index (χ4n) is 12.7. The summed E-state index contributed by atoms with van der Waals surface area (Å²) in [6.45, 7) is 4.80. The number of benzene rings is 11. The van der Waals surface area contributed by atoms with Crippen LogP contribution in [0.4, 0.5) is 17.1 Å². The van der Waals surface area contributed by atoms with Crippen molar-refractivity contribution in [3.05, 3.63) is 270 Å². The molecule has 11 aromatic carbocycles. The molecule has 0 aliphatic heterocycles. The average Bonchev–Trinajstić information content (AvgIpc) is 3.96. The predicted molar refractivity (Wildman–Crippen MR) is 281 cm³/mol. The second kappa shape index (κ2) is 14.1. The monoisotopic (exact) mass is 851 g/mol. The molecule has 67 heavy (non-hydrogen) atoms. The molecule has 3 aliphatic rings. The van der Waals surface area contributed by atoms with E-state index in [-0.39, 0.29) is 10.8 Å². The van der Waals surface area contributed by atoms with Gasteiger partial charge in [-0.15, -0.1) is 0 Å². The van der Waals surface area contributed by atoms with Crippen molar-refractivity contribution in [2.45, 2.75) is 24.7 Å². The quantitative estimate of drug-likeness (QED) is 0.167. The van der Waals surface area contributed by atoms with Crippen molar-refractivity contribution >= 4 is 38.6 Å². The molecule has 0 saturated heterocycles. The van der Waals surface area contributed by atoms with Crippen LogP contribution in [-0.2, 0) is 10.8 Å². The molecule has 0 atom stereocenters. The van der Waals surface area contributed by atoms with E-state index in [0.717, 1.165) is 11.4 Å². The Hall–Kier alpha value is -8.26. The number of anilines is 3. The number of hydrogen-bond donors (Lipinski definition) is 0. The Morgan fingerprint density at radius 2 is 0.746 bits per heavy atom. The first-order valence-corrected chi connectivity index (χ1v) is 23.6. The molecule has 0 unspecified atom stereocenters. The van der Waals surface area contributed by atoms with E-state index in [0.29, 0.717) is 0 Å². The first-order valence-electron chi connectivity index (χ1n) is 23.6. The normalized spacial score (nSPS) is 14.1. The molecule has 0 heterocycles. The van der Waals surface area contributed by atoms with E-state index in [1.807, 2.05) is 0 Å². The Kier molecular flexibility index (Phi) is 8.02. The van der Waals surface area contributed by atoms with E-state index in [9.17, 15) is 0 Å². The largest absolute Gasteiger partial charge is 0.310 e. The lowest BCUT2D eigenvalue weighted by Gasteiger charge is -2.31. The molecule has 0 N–H and O–H groups in total. The molecular formula is C66H45N. The summed E-state index contributed by atoms with van der Waals surface area (Å²) in [5, 5.41) is 5.07. The van der Waals surface area contributed by atoms with Crippen molar-refractivity contribution in [2.24, 2.45) is 0 Å².